The van der Waals surface area contributed by atoms with Crippen molar-refractivity contribution in [2.24, 2.45) is 0 Å². The standard InChI is InChI=1S/C17H23N3S/c1-4-5-11-19-12-13-20(14(2)3)17(19)16(21)18-15-9-7-6-8-10-15/h6-10,12-14H,4-5,11H2,1-3H3/p+1. The van der Waals surface area contributed by atoms with Gasteiger partial charge >= 0.3 is 5.82 Å². The summed E-state index contributed by atoms with van der Waals surface area (Å²) in [6.45, 7) is 7.57. The molecule has 1 N–H and O–H groups in total. The second-order valence-corrected chi connectivity index (χ2v) is 5.90. The number of aryl methyl sites for hydroxylation is 1. The summed E-state index contributed by atoms with van der Waals surface area (Å²) in [5.74, 6) is 1.08. The van der Waals surface area contributed by atoms with Crippen molar-refractivity contribution in [3.05, 3.63) is 48.5 Å². The molecular formula is C17H24N3S+. The first-order chi connectivity index (χ1) is 10.1. The second-order valence-electron chi connectivity index (χ2n) is 5.49. The Kier molecular flexibility index (Phi) is 5.51. The van der Waals surface area contributed by atoms with Gasteiger partial charge in [0.25, 0.3) is 0 Å². The van der Waals surface area contributed by atoms with Gasteiger partial charge in [-0.1, -0.05) is 43.8 Å². The first-order valence-corrected chi connectivity index (χ1v) is 8.01. The Morgan fingerprint density at radius 2 is 2.00 bits per heavy atom. The van der Waals surface area contributed by atoms with E-state index in [1.807, 2.05) is 30.3 Å². The molecule has 21 heavy (non-hydrogen) atoms. The van der Waals surface area contributed by atoms with Crippen LogP contribution in [0.1, 0.15) is 45.5 Å². The first kappa shape index (κ1) is 15.7. The molecule has 0 aliphatic carbocycles. The zero-order valence-electron chi connectivity index (χ0n) is 13.0. The fourth-order valence-corrected chi connectivity index (χ4v) is 2.66. The fourth-order valence-electron chi connectivity index (χ4n) is 2.32. The summed E-state index contributed by atoms with van der Waals surface area (Å²) >= 11 is 5.65. The average molecular weight is 302 g/mol. The van der Waals surface area contributed by atoms with Crippen molar-refractivity contribution in [1.82, 2.24) is 4.57 Å². The number of aromatic nitrogens is 2. The van der Waals surface area contributed by atoms with Gasteiger partial charge in [0.2, 0.25) is 0 Å². The highest BCUT2D eigenvalue weighted by Crippen LogP contribution is 2.12. The van der Waals surface area contributed by atoms with E-state index in [0.29, 0.717) is 6.04 Å². The molecule has 0 bridgehead atoms. The van der Waals surface area contributed by atoms with Crippen molar-refractivity contribution in [3.8, 4) is 0 Å². The molecule has 0 atom stereocenters. The summed E-state index contributed by atoms with van der Waals surface area (Å²) in [7, 11) is 0. The lowest BCUT2D eigenvalue weighted by Crippen LogP contribution is -2.41. The van der Waals surface area contributed by atoms with E-state index in [0.717, 1.165) is 29.5 Å². The van der Waals surface area contributed by atoms with Gasteiger partial charge in [-0.3, -0.25) is 0 Å². The van der Waals surface area contributed by atoms with Crippen LogP contribution in [-0.4, -0.2) is 9.56 Å². The molecule has 0 saturated carbocycles. The van der Waals surface area contributed by atoms with Gasteiger partial charge in [0.1, 0.15) is 12.4 Å². The Bertz CT molecular complexity index is 587. The zero-order valence-corrected chi connectivity index (χ0v) is 13.9. The lowest BCUT2D eigenvalue weighted by Gasteiger charge is -2.10. The first-order valence-electron chi connectivity index (χ1n) is 7.60. The zero-order chi connectivity index (χ0) is 15.2. The van der Waals surface area contributed by atoms with E-state index in [1.165, 1.54) is 6.42 Å². The number of thiocarbonyl (C=S) groups is 1. The highest BCUT2D eigenvalue weighted by atomic mass is 32.1. The third-order valence-electron chi connectivity index (χ3n) is 3.47. The minimum Gasteiger partial charge on any atom is -0.340 e. The Balaban J connectivity index is 2.27. The number of nitrogens with zero attached hydrogens (tertiary/aromatic N) is 2. The van der Waals surface area contributed by atoms with Crippen LogP contribution >= 0.6 is 12.2 Å². The molecule has 0 aliphatic rings. The molecule has 0 fully saturated rings. The Morgan fingerprint density at radius 1 is 1.29 bits per heavy atom. The average Bonchev–Trinajstić information content (AvgIpc) is 2.90. The number of nitrogens with one attached hydrogen (secondary N) is 1. The van der Waals surface area contributed by atoms with Crippen molar-refractivity contribution in [2.45, 2.75) is 46.2 Å². The van der Waals surface area contributed by atoms with Crippen LogP contribution in [0.5, 0.6) is 0 Å². The SMILES string of the molecule is CCCC[n+]1ccn(C(C)C)c1C(=S)Nc1ccccc1. The van der Waals surface area contributed by atoms with E-state index >= 15 is 0 Å². The fraction of sp³-hybridized carbons (Fsp3) is 0.412. The molecule has 0 spiro atoms. The molecule has 0 unspecified atom stereocenters. The molecule has 0 radical (unpaired) electrons. The number of hydrogen-bond acceptors (Lipinski definition) is 1. The summed E-state index contributed by atoms with van der Waals surface area (Å²) in [4.78, 5) is 0.774. The highest BCUT2D eigenvalue weighted by molar-refractivity contribution is 7.81. The molecule has 1 heterocycles. The van der Waals surface area contributed by atoms with Gasteiger partial charge in [0.15, 0.2) is 4.99 Å². The summed E-state index contributed by atoms with van der Waals surface area (Å²) < 4.78 is 4.48. The third kappa shape index (κ3) is 3.91. The molecule has 0 amide bonds. The number of para-hydroxylation sites is 1. The van der Waals surface area contributed by atoms with E-state index in [-0.39, 0.29) is 0 Å². The van der Waals surface area contributed by atoms with Gasteiger partial charge in [-0.25, -0.2) is 9.13 Å². The molecule has 1 aromatic carbocycles. The van der Waals surface area contributed by atoms with Crippen molar-refractivity contribution >= 4 is 22.9 Å². The lowest BCUT2D eigenvalue weighted by atomic mass is 10.3. The van der Waals surface area contributed by atoms with E-state index in [9.17, 15) is 0 Å². The van der Waals surface area contributed by atoms with Gasteiger partial charge in [0.05, 0.1) is 12.6 Å². The van der Waals surface area contributed by atoms with Crippen molar-refractivity contribution in [1.29, 1.82) is 0 Å². The molecule has 4 heteroatoms. The molecule has 3 nitrogen and oxygen atoms in total. The highest BCUT2D eigenvalue weighted by Gasteiger charge is 2.23. The smallest absolute Gasteiger partial charge is 0.317 e. The monoisotopic (exact) mass is 302 g/mol. The van der Waals surface area contributed by atoms with E-state index in [2.05, 4.69) is 47.6 Å². The quantitative estimate of drug-likeness (QED) is 0.644. The normalized spacial score (nSPS) is 10.9. The van der Waals surface area contributed by atoms with Crippen molar-refractivity contribution < 1.29 is 4.57 Å². The Labute approximate surface area is 132 Å². The molecule has 2 aromatic rings. The van der Waals surface area contributed by atoms with Gasteiger partial charge in [0, 0.05) is 5.69 Å². The maximum Gasteiger partial charge on any atom is 0.317 e. The van der Waals surface area contributed by atoms with Crippen LogP contribution in [0.2, 0.25) is 0 Å². The largest absolute Gasteiger partial charge is 0.340 e. The molecule has 2 rings (SSSR count). The lowest BCUT2D eigenvalue weighted by molar-refractivity contribution is -0.697. The van der Waals surface area contributed by atoms with Crippen molar-refractivity contribution in [3.63, 3.8) is 0 Å². The van der Waals surface area contributed by atoms with Crippen molar-refractivity contribution in [2.75, 3.05) is 5.32 Å². The molecule has 112 valence electrons. The number of rotatable bonds is 6. The Morgan fingerprint density at radius 3 is 2.62 bits per heavy atom. The van der Waals surface area contributed by atoms with E-state index in [4.69, 9.17) is 12.2 Å². The molecule has 1 aromatic heterocycles. The summed E-state index contributed by atoms with van der Waals surface area (Å²) in [5.41, 5.74) is 1.03. The number of imidazole rings is 1. The van der Waals surface area contributed by atoms with Crippen LogP contribution in [0.3, 0.4) is 0 Å². The van der Waals surface area contributed by atoms with Gasteiger partial charge in [-0.2, -0.15) is 0 Å². The van der Waals surface area contributed by atoms with Gasteiger partial charge in [-0.05, 0) is 32.4 Å². The van der Waals surface area contributed by atoms with Crippen LogP contribution in [0.15, 0.2) is 42.7 Å². The maximum absolute atomic E-state index is 5.65. The molecule has 0 saturated heterocycles. The van der Waals surface area contributed by atoms with E-state index < -0.39 is 0 Å². The van der Waals surface area contributed by atoms with Gasteiger partial charge in [-0.15, -0.1) is 0 Å². The van der Waals surface area contributed by atoms with Crippen LogP contribution in [0.25, 0.3) is 0 Å². The topological polar surface area (TPSA) is 20.8 Å². The number of hydrogen-bond donors (Lipinski definition) is 1. The number of benzene rings is 1. The van der Waals surface area contributed by atoms with Crippen LogP contribution in [-0.2, 0) is 6.54 Å². The van der Waals surface area contributed by atoms with Crippen LogP contribution in [0.4, 0.5) is 5.69 Å². The van der Waals surface area contributed by atoms with Crippen LogP contribution in [0, 0.1) is 0 Å². The second kappa shape index (κ2) is 7.36. The third-order valence-corrected chi connectivity index (χ3v) is 3.75. The summed E-state index contributed by atoms with van der Waals surface area (Å²) in [5, 5.41) is 3.35. The number of unbranched alkanes of at least 4 members (excludes halogenated alkanes) is 1. The minimum atomic E-state index is 0.387. The van der Waals surface area contributed by atoms with Crippen LogP contribution < -0.4 is 9.88 Å². The molecule has 0 aliphatic heterocycles. The summed E-state index contributed by atoms with van der Waals surface area (Å²) in [6.07, 6.45) is 6.59. The van der Waals surface area contributed by atoms with E-state index in [1.54, 1.807) is 0 Å². The Hall–Kier alpha value is -1.68. The maximum atomic E-state index is 5.65. The minimum absolute atomic E-state index is 0.387. The van der Waals surface area contributed by atoms with Gasteiger partial charge < -0.3 is 5.32 Å². The molecular weight excluding hydrogens is 278 g/mol. The predicted molar refractivity (Wildman–Crippen MR) is 91.7 cm³/mol. The number of anilines is 1. The predicted octanol–water partition coefficient (Wildman–Crippen LogP) is 3.94. The summed E-state index contributed by atoms with van der Waals surface area (Å²) in [6, 6.07) is 10.5.